The molecule has 5 nitrogen and oxygen atoms in total. The van der Waals surface area contributed by atoms with Gasteiger partial charge in [0, 0.05) is 84.3 Å². The van der Waals surface area contributed by atoms with E-state index in [1.54, 1.807) is 30.2 Å². The molecule has 7 heteroatoms. The first-order chi connectivity index (χ1) is 17.7. The quantitative estimate of drug-likeness (QED) is 0.289. The molecule has 1 N–H and O–H groups in total. The molecule has 2 aromatic carbocycles. The molecule has 0 fully saturated rings. The van der Waals surface area contributed by atoms with Crippen LogP contribution < -0.4 is 10.2 Å². The molecule has 0 amide bonds. The standard InChI is InChI=1S/C30H33F2N5/c1-7-36-17-27(19(4)33-5)25-13-22(12-23(18(2)3)29(25)36)37-10-8-9-20-11-24(21-15-34-35(6)16-21)26(30(31)32)14-28(20)37/h11-17,30,33H,2,4,7-10H2,1,3,5-6H3. The summed E-state index contributed by atoms with van der Waals surface area (Å²) in [4.78, 5) is 2.18. The summed E-state index contributed by atoms with van der Waals surface area (Å²) < 4.78 is 32.6. The second kappa shape index (κ2) is 9.54. The molecular formula is C30H33F2N5. The Balaban J connectivity index is 1.73. The van der Waals surface area contributed by atoms with E-state index in [2.05, 4.69) is 58.3 Å². The van der Waals surface area contributed by atoms with Crippen molar-refractivity contribution < 1.29 is 8.78 Å². The number of anilines is 2. The van der Waals surface area contributed by atoms with E-state index >= 15 is 0 Å². The molecule has 1 aliphatic rings. The molecule has 0 atom stereocenters. The Morgan fingerprint density at radius 1 is 1.14 bits per heavy atom. The number of nitrogens with one attached hydrogen (secondary N) is 1. The van der Waals surface area contributed by atoms with Gasteiger partial charge in [-0.05, 0) is 67.7 Å². The summed E-state index contributed by atoms with van der Waals surface area (Å²) in [6.07, 6.45) is 4.73. The van der Waals surface area contributed by atoms with E-state index < -0.39 is 6.43 Å². The number of alkyl halides is 2. The van der Waals surface area contributed by atoms with Gasteiger partial charge < -0.3 is 14.8 Å². The summed E-state index contributed by atoms with van der Waals surface area (Å²) in [5, 5.41) is 8.46. The summed E-state index contributed by atoms with van der Waals surface area (Å²) in [6, 6.07) is 7.92. The Hall–Kier alpha value is -3.87. The summed E-state index contributed by atoms with van der Waals surface area (Å²) >= 11 is 0. The fraction of sp³-hybridized carbons (Fsp3) is 0.300. The zero-order valence-corrected chi connectivity index (χ0v) is 21.9. The van der Waals surface area contributed by atoms with Crippen LogP contribution in [0.25, 0.3) is 33.3 Å². The Kier molecular flexibility index (Phi) is 6.40. The highest BCUT2D eigenvalue weighted by molar-refractivity contribution is 6.01. The Morgan fingerprint density at radius 3 is 2.54 bits per heavy atom. The minimum absolute atomic E-state index is 0.0289. The second-order valence-electron chi connectivity index (χ2n) is 9.75. The van der Waals surface area contributed by atoms with E-state index in [9.17, 15) is 8.78 Å². The number of aromatic nitrogens is 3. The van der Waals surface area contributed by atoms with Crippen LogP contribution in [-0.4, -0.2) is 27.9 Å². The average Bonchev–Trinajstić information content (AvgIpc) is 3.49. The number of nitrogens with zero attached hydrogens (tertiary/aromatic N) is 4. The Bertz CT molecular complexity index is 1520. The highest BCUT2D eigenvalue weighted by Crippen LogP contribution is 2.43. The first-order valence-electron chi connectivity index (χ1n) is 12.6. The molecule has 0 saturated heterocycles. The van der Waals surface area contributed by atoms with Gasteiger partial charge in [0.25, 0.3) is 6.43 Å². The predicted molar refractivity (Wildman–Crippen MR) is 149 cm³/mol. The molecule has 3 heterocycles. The zero-order valence-electron chi connectivity index (χ0n) is 21.9. The highest BCUT2D eigenvalue weighted by Gasteiger charge is 2.26. The lowest BCUT2D eigenvalue weighted by atomic mass is 9.92. The third-order valence-corrected chi connectivity index (χ3v) is 7.32. The molecule has 4 aromatic rings. The molecule has 5 rings (SSSR count). The minimum atomic E-state index is -2.60. The minimum Gasteiger partial charge on any atom is -0.388 e. The van der Waals surface area contributed by atoms with Crippen molar-refractivity contribution in [3.05, 3.63) is 78.3 Å². The van der Waals surface area contributed by atoms with Crippen molar-refractivity contribution in [2.45, 2.75) is 39.7 Å². The van der Waals surface area contributed by atoms with E-state index in [0.29, 0.717) is 11.1 Å². The van der Waals surface area contributed by atoms with Crippen LogP contribution >= 0.6 is 0 Å². The van der Waals surface area contributed by atoms with Crippen molar-refractivity contribution in [3.63, 3.8) is 0 Å². The number of benzene rings is 2. The molecule has 0 aliphatic carbocycles. The maximum absolute atomic E-state index is 14.3. The molecule has 0 radical (unpaired) electrons. The van der Waals surface area contributed by atoms with Crippen LogP contribution in [-0.2, 0) is 20.0 Å². The largest absolute Gasteiger partial charge is 0.388 e. The Morgan fingerprint density at radius 2 is 1.92 bits per heavy atom. The van der Waals surface area contributed by atoms with E-state index in [1.165, 1.54) is 0 Å². The van der Waals surface area contributed by atoms with Crippen molar-refractivity contribution in [2.24, 2.45) is 7.05 Å². The number of hydrogen-bond acceptors (Lipinski definition) is 3. The van der Waals surface area contributed by atoms with Crippen molar-refractivity contribution in [3.8, 4) is 11.1 Å². The van der Waals surface area contributed by atoms with Gasteiger partial charge in [-0.25, -0.2) is 8.78 Å². The van der Waals surface area contributed by atoms with Crippen molar-refractivity contribution in [1.82, 2.24) is 19.7 Å². The maximum Gasteiger partial charge on any atom is 0.264 e. The lowest BCUT2D eigenvalue weighted by Crippen LogP contribution is -2.25. The van der Waals surface area contributed by atoms with E-state index in [4.69, 9.17) is 0 Å². The number of rotatable bonds is 7. The topological polar surface area (TPSA) is 38.0 Å². The van der Waals surface area contributed by atoms with Gasteiger partial charge in [0.15, 0.2) is 0 Å². The third kappa shape index (κ3) is 4.22. The number of fused-ring (bicyclic) bond motifs is 2. The molecule has 0 unspecified atom stereocenters. The summed E-state index contributed by atoms with van der Waals surface area (Å²) in [7, 11) is 3.66. The van der Waals surface area contributed by atoms with E-state index in [-0.39, 0.29) is 5.56 Å². The fourth-order valence-corrected chi connectivity index (χ4v) is 5.44. The average molecular weight is 502 g/mol. The molecule has 0 spiro atoms. The third-order valence-electron chi connectivity index (χ3n) is 7.32. The SMILES string of the molecule is C=C(NC)c1cn(CC)c2c(C(=C)C)cc(N3CCCc4cc(-c5cnn(C)c5)c(C(F)F)cc43)cc12. The van der Waals surface area contributed by atoms with Crippen LogP contribution in [0.1, 0.15) is 48.9 Å². The number of aryl methyl sites for hydroxylation is 3. The van der Waals surface area contributed by atoms with Crippen LogP contribution in [0.2, 0.25) is 0 Å². The lowest BCUT2D eigenvalue weighted by molar-refractivity contribution is 0.152. The highest BCUT2D eigenvalue weighted by atomic mass is 19.3. The maximum atomic E-state index is 14.3. The van der Waals surface area contributed by atoms with Gasteiger partial charge >= 0.3 is 0 Å². The molecule has 192 valence electrons. The van der Waals surface area contributed by atoms with Crippen LogP contribution in [0.4, 0.5) is 20.2 Å². The van der Waals surface area contributed by atoms with Gasteiger partial charge in [0.1, 0.15) is 0 Å². The van der Waals surface area contributed by atoms with E-state index in [1.807, 2.05) is 20.0 Å². The normalized spacial score (nSPS) is 13.3. The molecule has 2 aromatic heterocycles. The monoisotopic (exact) mass is 501 g/mol. The summed E-state index contributed by atoms with van der Waals surface area (Å²) in [5.41, 5.74) is 9.15. The smallest absolute Gasteiger partial charge is 0.264 e. The Labute approximate surface area is 216 Å². The number of allylic oxidation sites excluding steroid dienone is 1. The van der Waals surface area contributed by atoms with Gasteiger partial charge in [-0.3, -0.25) is 4.68 Å². The summed E-state index contributed by atoms with van der Waals surface area (Å²) in [6.45, 7) is 14.2. The van der Waals surface area contributed by atoms with Crippen molar-refractivity contribution in [2.75, 3.05) is 18.5 Å². The first kappa shape index (κ1) is 24.8. The van der Waals surface area contributed by atoms with Gasteiger partial charge in [0.2, 0.25) is 0 Å². The zero-order chi connectivity index (χ0) is 26.4. The van der Waals surface area contributed by atoms with Gasteiger partial charge in [-0.2, -0.15) is 5.10 Å². The van der Waals surface area contributed by atoms with Gasteiger partial charge in [-0.1, -0.05) is 13.2 Å². The number of hydrogen-bond donors (Lipinski definition) is 1. The van der Waals surface area contributed by atoms with Crippen LogP contribution in [0.3, 0.4) is 0 Å². The molecule has 37 heavy (non-hydrogen) atoms. The predicted octanol–water partition coefficient (Wildman–Crippen LogP) is 7.31. The number of halogens is 2. The summed E-state index contributed by atoms with van der Waals surface area (Å²) in [5.74, 6) is 0. The molecular weight excluding hydrogens is 468 g/mol. The fourth-order valence-electron chi connectivity index (χ4n) is 5.44. The van der Waals surface area contributed by atoms with Crippen molar-refractivity contribution in [1.29, 1.82) is 0 Å². The van der Waals surface area contributed by atoms with Crippen LogP contribution in [0.15, 0.2) is 56.0 Å². The first-order valence-corrected chi connectivity index (χ1v) is 12.6. The molecule has 0 bridgehead atoms. The lowest BCUT2D eigenvalue weighted by Gasteiger charge is -2.33. The molecule has 1 aliphatic heterocycles. The van der Waals surface area contributed by atoms with Gasteiger partial charge in [-0.15, -0.1) is 0 Å². The van der Waals surface area contributed by atoms with Crippen LogP contribution in [0.5, 0.6) is 0 Å². The molecule has 0 saturated carbocycles. The van der Waals surface area contributed by atoms with Gasteiger partial charge in [0.05, 0.1) is 11.7 Å². The van der Waals surface area contributed by atoms with Crippen LogP contribution in [0, 0.1) is 0 Å². The second-order valence-corrected chi connectivity index (χ2v) is 9.75. The van der Waals surface area contributed by atoms with Crippen molar-refractivity contribution >= 4 is 33.5 Å². The van der Waals surface area contributed by atoms with E-state index in [0.717, 1.165) is 76.2 Å².